The van der Waals surface area contributed by atoms with Crippen molar-refractivity contribution in [1.29, 1.82) is 0 Å². The first-order chi connectivity index (χ1) is 7.70. The molecular weight excluding hydrogens is 200 g/mol. The highest BCUT2D eigenvalue weighted by Gasteiger charge is 2.16. The van der Waals surface area contributed by atoms with Crippen molar-refractivity contribution in [2.45, 2.75) is 26.3 Å². The molecule has 2 N–H and O–H groups in total. The van der Waals surface area contributed by atoms with Crippen molar-refractivity contribution in [3.05, 3.63) is 23.8 Å². The summed E-state index contributed by atoms with van der Waals surface area (Å²) in [5, 5.41) is 0. The van der Waals surface area contributed by atoms with Crippen molar-refractivity contribution in [1.82, 2.24) is 0 Å². The predicted octanol–water partition coefficient (Wildman–Crippen LogP) is 1.79. The third-order valence-electron chi connectivity index (χ3n) is 2.92. The molecule has 1 aliphatic rings. The van der Waals surface area contributed by atoms with Crippen LogP contribution in [-0.4, -0.2) is 25.7 Å². The van der Waals surface area contributed by atoms with E-state index in [4.69, 9.17) is 10.5 Å². The zero-order chi connectivity index (χ0) is 11.5. The average molecular weight is 220 g/mol. The lowest BCUT2D eigenvalue weighted by molar-refractivity contribution is 0.308. The molecule has 1 aliphatic heterocycles. The lowest BCUT2D eigenvalue weighted by Crippen LogP contribution is -2.32. The van der Waals surface area contributed by atoms with Crippen molar-refractivity contribution >= 4 is 5.69 Å². The molecule has 1 aromatic carbocycles. The van der Waals surface area contributed by atoms with Crippen LogP contribution in [0.1, 0.15) is 19.4 Å². The topological polar surface area (TPSA) is 38.5 Å². The van der Waals surface area contributed by atoms with E-state index in [9.17, 15) is 0 Å². The quantitative estimate of drug-likeness (QED) is 0.844. The fraction of sp³-hybridized carbons (Fsp3) is 0.538. The van der Waals surface area contributed by atoms with Crippen LogP contribution in [0.4, 0.5) is 5.69 Å². The van der Waals surface area contributed by atoms with E-state index in [0.29, 0.717) is 0 Å². The summed E-state index contributed by atoms with van der Waals surface area (Å²) in [5.41, 5.74) is 8.33. The zero-order valence-corrected chi connectivity index (χ0v) is 10.1. The Morgan fingerprint density at radius 2 is 2.31 bits per heavy atom. The summed E-state index contributed by atoms with van der Waals surface area (Å²) in [7, 11) is 0. The number of hydrogen-bond donors (Lipinski definition) is 1. The zero-order valence-electron chi connectivity index (χ0n) is 10.1. The van der Waals surface area contributed by atoms with E-state index in [1.165, 1.54) is 11.3 Å². The van der Waals surface area contributed by atoms with E-state index in [1.54, 1.807) is 0 Å². The van der Waals surface area contributed by atoms with Gasteiger partial charge < -0.3 is 15.4 Å². The molecule has 0 aromatic heterocycles. The van der Waals surface area contributed by atoms with Gasteiger partial charge in [0.2, 0.25) is 0 Å². The van der Waals surface area contributed by atoms with E-state index < -0.39 is 0 Å². The second kappa shape index (κ2) is 4.74. The van der Waals surface area contributed by atoms with Crippen LogP contribution in [-0.2, 0) is 6.42 Å². The fourth-order valence-electron chi connectivity index (χ4n) is 2.15. The summed E-state index contributed by atoms with van der Waals surface area (Å²) < 4.78 is 5.64. The molecule has 16 heavy (non-hydrogen) atoms. The molecule has 1 heterocycles. The van der Waals surface area contributed by atoms with Crippen molar-refractivity contribution in [2.75, 3.05) is 24.6 Å². The Bertz CT molecular complexity index is 363. The SMILES string of the molecule is CCN1CCOc2ccc(CC(C)N)cc21. The van der Waals surface area contributed by atoms with E-state index in [2.05, 4.69) is 30.0 Å². The maximum Gasteiger partial charge on any atom is 0.142 e. The molecule has 0 aliphatic carbocycles. The Morgan fingerprint density at radius 3 is 3.00 bits per heavy atom. The number of nitrogens with zero attached hydrogens (tertiary/aromatic N) is 1. The summed E-state index contributed by atoms with van der Waals surface area (Å²) >= 11 is 0. The van der Waals surface area contributed by atoms with Gasteiger partial charge in [0.1, 0.15) is 12.4 Å². The molecule has 0 fully saturated rings. The summed E-state index contributed by atoms with van der Waals surface area (Å²) in [4.78, 5) is 2.35. The molecule has 1 aromatic rings. The first-order valence-electron chi connectivity index (χ1n) is 5.97. The van der Waals surface area contributed by atoms with Crippen LogP contribution in [0, 0.1) is 0 Å². The number of hydrogen-bond acceptors (Lipinski definition) is 3. The molecule has 0 amide bonds. The number of ether oxygens (including phenoxy) is 1. The molecule has 0 bridgehead atoms. The van der Waals surface area contributed by atoms with Gasteiger partial charge in [-0.25, -0.2) is 0 Å². The molecule has 1 atom stereocenters. The third-order valence-corrected chi connectivity index (χ3v) is 2.92. The highest BCUT2D eigenvalue weighted by Crippen LogP contribution is 2.32. The second-order valence-electron chi connectivity index (χ2n) is 4.41. The minimum atomic E-state index is 0.206. The van der Waals surface area contributed by atoms with E-state index in [1.807, 2.05) is 6.92 Å². The summed E-state index contributed by atoms with van der Waals surface area (Å²) in [6.07, 6.45) is 0.921. The summed E-state index contributed by atoms with van der Waals surface area (Å²) in [6, 6.07) is 6.59. The van der Waals surface area contributed by atoms with Crippen LogP contribution in [0.5, 0.6) is 5.75 Å². The van der Waals surface area contributed by atoms with E-state index >= 15 is 0 Å². The van der Waals surface area contributed by atoms with Crippen LogP contribution in [0.25, 0.3) is 0 Å². The van der Waals surface area contributed by atoms with Gasteiger partial charge in [-0.1, -0.05) is 6.07 Å². The molecule has 0 radical (unpaired) electrons. The minimum absolute atomic E-state index is 0.206. The Hall–Kier alpha value is -1.22. The van der Waals surface area contributed by atoms with Crippen LogP contribution in [0.3, 0.4) is 0 Å². The highest BCUT2D eigenvalue weighted by atomic mass is 16.5. The molecule has 0 saturated carbocycles. The van der Waals surface area contributed by atoms with Gasteiger partial charge in [0, 0.05) is 12.6 Å². The standard InChI is InChI=1S/C13H20N2O/c1-3-15-6-7-16-13-5-4-11(8-10(2)14)9-12(13)15/h4-5,9-10H,3,6-8,14H2,1-2H3. The summed E-state index contributed by atoms with van der Waals surface area (Å²) in [6.45, 7) is 7.00. The average Bonchev–Trinajstić information content (AvgIpc) is 2.27. The largest absolute Gasteiger partial charge is 0.490 e. The Morgan fingerprint density at radius 1 is 1.50 bits per heavy atom. The second-order valence-corrected chi connectivity index (χ2v) is 4.41. The van der Waals surface area contributed by atoms with Gasteiger partial charge in [0.05, 0.1) is 12.2 Å². The van der Waals surface area contributed by atoms with E-state index in [-0.39, 0.29) is 6.04 Å². The smallest absolute Gasteiger partial charge is 0.142 e. The van der Waals surface area contributed by atoms with Crippen LogP contribution in [0.2, 0.25) is 0 Å². The number of anilines is 1. The molecule has 88 valence electrons. The Balaban J connectivity index is 2.27. The van der Waals surface area contributed by atoms with Crippen molar-refractivity contribution in [3.8, 4) is 5.75 Å². The first-order valence-corrected chi connectivity index (χ1v) is 5.97. The lowest BCUT2D eigenvalue weighted by atomic mass is 10.1. The lowest BCUT2D eigenvalue weighted by Gasteiger charge is -2.30. The van der Waals surface area contributed by atoms with Gasteiger partial charge in [0.25, 0.3) is 0 Å². The molecular formula is C13H20N2O. The van der Waals surface area contributed by atoms with Gasteiger partial charge >= 0.3 is 0 Å². The molecule has 3 nitrogen and oxygen atoms in total. The van der Waals surface area contributed by atoms with Crippen molar-refractivity contribution in [3.63, 3.8) is 0 Å². The van der Waals surface area contributed by atoms with Gasteiger partial charge in [-0.2, -0.15) is 0 Å². The molecule has 0 saturated heterocycles. The van der Waals surface area contributed by atoms with Crippen molar-refractivity contribution in [2.24, 2.45) is 5.73 Å². The highest BCUT2D eigenvalue weighted by molar-refractivity contribution is 5.61. The van der Waals surface area contributed by atoms with E-state index in [0.717, 1.165) is 31.9 Å². The molecule has 1 unspecified atom stereocenters. The monoisotopic (exact) mass is 220 g/mol. The normalized spacial score (nSPS) is 16.6. The molecule has 0 spiro atoms. The number of likely N-dealkylation sites (N-methyl/N-ethyl adjacent to an activating group) is 1. The van der Waals surface area contributed by atoms with Crippen LogP contribution < -0.4 is 15.4 Å². The van der Waals surface area contributed by atoms with Gasteiger partial charge in [-0.3, -0.25) is 0 Å². The van der Waals surface area contributed by atoms with Gasteiger partial charge in [0.15, 0.2) is 0 Å². The first kappa shape index (κ1) is 11.3. The van der Waals surface area contributed by atoms with Crippen LogP contribution in [0.15, 0.2) is 18.2 Å². The third kappa shape index (κ3) is 2.30. The Kier molecular flexibility index (Phi) is 3.34. The Labute approximate surface area is 97.2 Å². The van der Waals surface area contributed by atoms with Crippen LogP contribution >= 0.6 is 0 Å². The number of rotatable bonds is 3. The van der Waals surface area contributed by atoms with Gasteiger partial charge in [-0.15, -0.1) is 0 Å². The number of benzene rings is 1. The number of fused-ring (bicyclic) bond motifs is 1. The molecule has 2 rings (SSSR count). The maximum absolute atomic E-state index is 5.82. The number of nitrogens with two attached hydrogens (primary N) is 1. The maximum atomic E-state index is 5.82. The fourth-order valence-corrected chi connectivity index (χ4v) is 2.15. The van der Waals surface area contributed by atoms with Gasteiger partial charge in [-0.05, 0) is 38.0 Å². The summed E-state index contributed by atoms with van der Waals surface area (Å²) in [5.74, 6) is 1.00. The molecule has 3 heteroatoms. The van der Waals surface area contributed by atoms with Crippen molar-refractivity contribution < 1.29 is 4.74 Å². The predicted molar refractivity (Wildman–Crippen MR) is 67.2 cm³/mol. The minimum Gasteiger partial charge on any atom is -0.490 e.